The van der Waals surface area contributed by atoms with Crippen molar-refractivity contribution in [3.8, 4) is 17.3 Å². The van der Waals surface area contributed by atoms with Gasteiger partial charge in [-0.25, -0.2) is 13.2 Å². The molecule has 0 bridgehead atoms. The van der Waals surface area contributed by atoms with Gasteiger partial charge in [-0.1, -0.05) is 6.07 Å². The van der Waals surface area contributed by atoms with Crippen molar-refractivity contribution >= 4 is 5.82 Å². The van der Waals surface area contributed by atoms with Gasteiger partial charge in [0.1, 0.15) is 12.4 Å². The summed E-state index contributed by atoms with van der Waals surface area (Å²) in [6.07, 6.45) is 3.34. The monoisotopic (exact) mass is 425 g/mol. The average molecular weight is 425 g/mol. The zero-order valence-corrected chi connectivity index (χ0v) is 15.4. The molecule has 5 nitrogen and oxygen atoms in total. The number of halogens is 5. The fourth-order valence-electron chi connectivity index (χ4n) is 3.02. The van der Waals surface area contributed by atoms with Crippen LogP contribution in [0.1, 0.15) is 5.56 Å². The van der Waals surface area contributed by atoms with E-state index in [1.54, 1.807) is 41.2 Å². The predicted octanol–water partition coefficient (Wildman–Crippen LogP) is 4.65. The number of benzene rings is 1. The van der Waals surface area contributed by atoms with E-state index in [0.29, 0.717) is 11.5 Å². The zero-order chi connectivity index (χ0) is 21.3. The molecule has 0 spiro atoms. The highest BCUT2D eigenvalue weighted by Gasteiger charge is 2.44. The molecule has 0 saturated carbocycles. The van der Waals surface area contributed by atoms with Crippen LogP contribution in [0.25, 0.3) is 5.69 Å². The van der Waals surface area contributed by atoms with Crippen LogP contribution in [0.3, 0.4) is 0 Å². The summed E-state index contributed by atoms with van der Waals surface area (Å²) in [7, 11) is 0. The summed E-state index contributed by atoms with van der Waals surface area (Å²) < 4.78 is 75.8. The fraction of sp³-hybridized carbons (Fsp3) is 0.250. The maximum atomic E-state index is 13.6. The molecule has 2 aromatic heterocycles. The van der Waals surface area contributed by atoms with Crippen molar-refractivity contribution in [1.82, 2.24) is 9.55 Å². The lowest BCUT2D eigenvalue weighted by atomic mass is 10.1. The number of hydrogen-bond acceptors (Lipinski definition) is 4. The molecule has 4 rings (SSSR count). The molecule has 0 radical (unpaired) electrons. The minimum Gasteiger partial charge on any atom is -0.473 e. The molecule has 0 atom stereocenters. The third kappa shape index (κ3) is 4.47. The summed E-state index contributed by atoms with van der Waals surface area (Å²) >= 11 is 0. The number of rotatable bonds is 7. The average Bonchev–Trinajstić information content (AvgIpc) is 3.15. The molecule has 10 heteroatoms. The first kappa shape index (κ1) is 20.0. The van der Waals surface area contributed by atoms with E-state index in [2.05, 4.69) is 9.72 Å². The van der Waals surface area contributed by atoms with E-state index in [1.807, 2.05) is 0 Å². The number of ether oxygens (including phenoxy) is 2. The summed E-state index contributed by atoms with van der Waals surface area (Å²) in [5, 5.41) is 0. The number of hydrogen-bond donors (Lipinski definition) is 0. The van der Waals surface area contributed by atoms with Gasteiger partial charge in [-0.15, -0.1) is 0 Å². The molecule has 0 unspecified atom stereocenters. The van der Waals surface area contributed by atoms with Crippen molar-refractivity contribution in [2.75, 3.05) is 18.0 Å². The van der Waals surface area contributed by atoms with Gasteiger partial charge in [-0.3, -0.25) is 0 Å². The van der Waals surface area contributed by atoms with E-state index < -0.39 is 24.1 Å². The second kappa shape index (κ2) is 7.85. The molecule has 30 heavy (non-hydrogen) atoms. The lowest BCUT2D eigenvalue weighted by molar-refractivity contribution is -0.0521. The van der Waals surface area contributed by atoms with Gasteiger partial charge in [-0.2, -0.15) is 13.8 Å². The van der Waals surface area contributed by atoms with Gasteiger partial charge in [0.25, 0.3) is 5.92 Å². The Morgan fingerprint density at radius 2 is 1.90 bits per heavy atom. The van der Waals surface area contributed by atoms with Crippen molar-refractivity contribution in [3.63, 3.8) is 0 Å². The smallest absolute Gasteiger partial charge is 0.387 e. The van der Waals surface area contributed by atoms with Gasteiger partial charge in [0.05, 0.1) is 13.1 Å². The second-order valence-corrected chi connectivity index (χ2v) is 6.75. The number of aromatic nitrogens is 2. The van der Waals surface area contributed by atoms with E-state index >= 15 is 0 Å². The maximum Gasteiger partial charge on any atom is 0.387 e. The Hall–Kier alpha value is -3.30. The van der Waals surface area contributed by atoms with Crippen LogP contribution in [0.4, 0.5) is 27.8 Å². The summed E-state index contributed by atoms with van der Waals surface area (Å²) in [5.41, 5.74) is 1.16. The molecular formula is C20H16F5N3O2. The summed E-state index contributed by atoms with van der Waals surface area (Å²) in [4.78, 5) is 5.68. The van der Waals surface area contributed by atoms with Crippen LogP contribution < -0.4 is 14.4 Å². The van der Waals surface area contributed by atoms with E-state index in [4.69, 9.17) is 4.74 Å². The van der Waals surface area contributed by atoms with E-state index in [-0.39, 0.29) is 25.6 Å². The van der Waals surface area contributed by atoms with Crippen molar-refractivity contribution in [2.45, 2.75) is 19.1 Å². The summed E-state index contributed by atoms with van der Waals surface area (Å²) in [5.74, 6) is -3.44. The Bertz CT molecular complexity index is 1030. The largest absolute Gasteiger partial charge is 0.473 e. The second-order valence-electron chi connectivity index (χ2n) is 6.75. The zero-order valence-electron chi connectivity index (χ0n) is 15.4. The summed E-state index contributed by atoms with van der Waals surface area (Å²) in [6, 6.07) is 10.3. The molecule has 1 fully saturated rings. The van der Waals surface area contributed by atoms with Crippen molar-refractivity contribution < 1.29 is 31.4 Å². The molecule has 3 heterocycles. The van der Waals surface area contributed by atoms with Crippen LogP contribution in [-0.4, -0.2) is 35.2 Å². The van der Waals surface area contributed by atoms with Gasteiger partial charge in [0.15, 0.2) is 11.6 Å². The highest BCUT2D eigenvalue weighted by molar-refractivity contribution is 5.45. The van der Waals surface area contributed by atoms with Gasteiger partial charge in [0, 0.05) is 35.8 Å². The number of anilines is 1. The van der Waals surface area contributed by atoms with Crippen LogP contribution in [-0.2, 0) is 6.61 Å². The predicted molar refractivity (Wildman–Crippen MR) is 98.1 cm³/mol. The lowest BCUT2D eigenvalue weighted by Gasteiger charge is -2.39. The van der Waals surface area contributed by atoms with E-state index in [9.17, 15) is 22.0 Å². The first-order chi connectivity index (χ1) is 14.3. The molecule has 3 aromatic rings. The van der Waals surface area contributed by atoms with Crippen molar-refractivity contribution in [1.29, 1.82) is 0 Å². The first-order valence-electron chi connectivity index (χ1n) is 8.93. The highest BCUT2D eigenvalue weighted by Crippen LogP contribution is 2.31. The number of nitrogens with zero attached hydrogens (tertiary/aromatic N) is 3. The van der Waals surface area contributed by atoms with E-state index in [1.165, 1.54) is 17.0 Å². The molecule has 158 valence electrons. The SMILES string of the molecule is Fc1ccc(-n2ccc(COc3cccc(N4CC(F)(F)C4)n3)c2)cc1OC(F)F. The Morgan fingerprint density at radius 3 is 2.63 bits per heavy atom. The standard InChI is InChI=1S/C20H16F5N3O2/c21-15-5-4-14(8-16(15)30-19(22)23)27-7-6-13(9-27)10-29-18-3-1-2-17(26-18)28-11-20(24,25)12-28/h1-9,19H,10-12H2. The third-order valence-corrected chi connectivity index (χ3v) is 4.45. The van der Waals surface area contributed by atoms with E-state index in [0.717, 1.165) is 11.6 Å². The Balaban J connectivity index is 1.41. The van der Waals surface area contributed by atoms with Crippen LogP contribution in [0.5, 0.6) is 11.6 Å². The molecule has 0 N–H and O–H groups in total. The van der Waals surface area contributed by atoms with Crippen molar-refractivity contribution in [2.24, 2.45) is 0 Å². The molecule has 1 aliphatic rings. The van der Waals surface area contributed by atoms with Crippen LogP contribution in [0.2, 0.25) is 0 Å². The topological polar surface area (TPSA) is 39.5 Å². The molecule has 1 aliphatic heterocycles. The van der Waals surface area contributed by atoms with Gasteiger partial charge in [-0.05, 0) is 24.3 Å². The maximum absolute atomic E-state index is 13.6. The molecule has 1 saturated heterocycles. The number of pyridine rings is 1. The van der Waals surface area contributed by atoms with Crippen molar-refractivity contribution in [3.05, 3.63) is 66.2 Å². The molecule has 0 aliphatic carbocycles. The normalized spacial score (nSPS) is 15.2. The van der Waals surface area contributed by atoms with Gasteiger partial charge >= 0.3 is 6.61 Å². The minimum atomic E-state index is -3.13. The molecular weight excluding hydrogens is 409 g/mol. The fourth-order valence-corrected chi connectivity index (χ4v) is 3.02. The molecule has 0 amide bonds. The van der Waals surface area contributed by atoms with Crippen LogP contribution >= 0.6 is 0 Å². The minimum absolute atomic E-state index is 0.140. The van der Waals surface area contributed by atoms with Crippen LogP contribution in [0.15, 0.2) is 54.9 Å². The quantitative estimate of drug-likeness (QED) is 0.517. The van der Waals surface area contributed by atoms with Gasteiger partial charge < -0.3 is 18.9 Å². The Morgan fingerprint density at radius 1 is 1.10 bits per heavy atom. The lowest BCUT2D eigenvalue weighted by Crippen LogP contribution is -2.56. The van der Waals surface area contributed by atoms with Gasteiger partial charge in [0.2, 0.25) is 5.88 Å². The van der Waals surface area contributed by atoms with Crippen LogP contribution in [0, 0.1) is 5.82 Å². The Labute approximate surface area is 168 Å². The third-order valence-electron chi connectivity index (χ3n) is 4.45. The first-order valence-corrected chi connectivity index (χ1v) is 8.93. The summed E-state index contributed by atoms with van der Waals surface area (Å²) in [6.45, 7) is -3.74. The molecule has 1 aromatic carbocycles. The highest BCUT2D eigenvalue weighted by atomic mass is 19.3. The Kier molecular flexibility index (Phi) is 5.23. The number of alkyl halides is 4.